The molecule has 0 aliphatic heterocycles. The summed E-state index contributed by atoms with van der Waals surface area (Å²) in [5, 5.41) is 3.53. The highest BCUT2D eigenvalue weighted by Gasteiger charge is 2.08. The number of hydrogen-bond acceptors (Lipinski definition) is 2. The average molecular weight is 294 g/mol. The topological polar surface area (TPSA) is 21.3 Å². The highest BCUT2D eigenvalue weighted by Crippen LogP contribution is 2.21. The monoisotopic (exact) mass is 293 g/mol. The molecule has 0 bridgehead atoms. The molecule has 1 unspecified atom stereocenters. The first kappa shape index (κ1) is 14.8. The Morgan fingerprint density at radius 2 is 2.05 bits per heavy atom. The molecule has 1 atom stereocenters. The van der Waals surface area contributed by atoms with E-state index in [-0.39, 0.29) is 11.1 Å². The van der Waals surface area contributed by atoms with Gasteiger partial charge in [-0.2, -0.15) is 0 Å². The van der Waals surface area contributed by atoms with E-state index in [1.807, 2.05) is 31.2 Å². The van der Waals surface area contributed by atoms with Gasteiger partial charge in [0, 0.05) is 12.6 Å². The molecule has 4 heteroatoms. The van der Waals surface area contributed by atoms with Gasteiger partial charge in [0.05, 0.1) is 12.1 Å². The Kier molecular flexibility index (Phi) is 4.99. The second-order valence-electron chi connectivity index (χ2n) is 4.63. The predicted octanol–water partition coefficient (Wildman–Crippen LogP) is 4.34. The lowest BCUT2D eigenvalue weighted by Crippen LogP contribution is -2.18. The van der Waals surface area contributed by atoms with Crippen molar-refractivity contribution in [2.24, 2.45) is 0 Å². The van der Waals surface area contributed by atoms with Crippen LogP contribution in [0.4, 0.5) is 4.39 Å². The highest BCUT2D eigenvalue weighted by atomic mass is 35.5. The van der Waals surface area contributed by atoms with Gasteiger partial charge < -0.3 is 10.1 Å². The van der Waals surface area contributed by atoms with Gasteiger partial charge in [0.2, 0.25) is 0 Å². The van der Waals surface area contributed by atoms with Crippen LogP contribution in [0.15, 0.2) is 42.5 Å². The van der Waals surface area contributed by atoms with Gasteiger partial charge >= 0.3 is 0 Å². The molecule has 2 aromatic carbocycles. The molecule has 0 spiro atoms. The molecule has 0 amide bonds. The lowest BCUT2D eigenvalue weighted by Gasteiger charge is -2.15. The van der Waals surface area contributed by atoms with E-state index in [2.05, 4.69) is 5.32 Å². The second kappa shape index (κ2) is 6.73. The van der Waals surface area contributed by atoms with E-state index in [0.717, 1.165) is 16.9 Å². The molecule has 0 heterocycles. The van der Waals surface area contributed by atoms with Crippen LogP contribution in [0, 0.1) is 5.82 Å². The van der Waals surface area contributed by atoms with Crippen molar-refractivity contribution in [1.29, 1.82) is 0 Å². The number of rotatable bonds is 5. The first-order valence-corrected chi connectivity index (χ1v) is 6.79. The molecular weight excluding hydrogens is 277 g/mol. The summed E-state index contributed by atoms with van der Waals surface area (Å²) < 4.78 is 18.3. The number of methoxy groups -OCH3 is 1. The van der Waals surface area contributed by atoms with Crippen molar-refractivity contribution in [2.45, 2.75) is 19.5 Å². The molecule has 0 aliphatic carbocycles. The Morgan fingerprint density at radius 1 is 1.25 bits per heavy atom. The first-order chi connectivity index (χ1) is 9.60. The minimum absolute atomic E-state index is 0.0827. The lowest BCUT2D eigenvalue weighted by atomic mass is 10.1. The Bertz CT molecular complexity index is 588. The molecule has 1 N–H and O–H groups in total. The van der Waals surface area contributed by atoms with E-state index in [1.54, 1.807) is 19.2 Å². The van der Waals surface area contributed by atoms with Gasteiger partial charge in [-0.3, -0.25) is 0 Å². The predicted molar refractivity (Wildman–Crippen MR) is 79.7 cm³/mol. The van der Waals surface area contributed by atoms with Gasteiger partial charge in [-0.1, -0.05) is 29.8 Å². The molecule has 0 saturated carbocycles. The zero-order chi connectivity index (χ0) is 14.5. The average Bonchev–Trinajstić information content (AvgIpc) is 2.47. The van der Waals surface area contributed by atoms with Gasteiger partial charge in [0.25, 0.3) is 0 Å². The van der Waals surface area contributed by atoms with Crippen LogP contribution in [0.3, 0.4) is 0 Å². The molecule has 0 radical (unpaired) electrons. The van der Waals surface area contributed by atoms with Crippen LogP contribution < -0.4 is 10.1 Å². The van der Waals surface area contributed by atoms with Crippen molar-refractivity contribution < 1.29 is 9.13 Å². The summed E-state index contributed by atoms with van der Waals surface area (Å²) in [6.45, 7) is 2.72. The SMILES string of the molecule is COc1cccc(CNC(C)c2ccc(F)c(Cl)c2)c1. The molecule has 0 saturated heterocycles. The van der Waals surface area contributed by atoms with Crippen LogP contribution in [0.5, 0.6) is 5.75 Å². The smallest absolute Gasteiger partial charge is 0.141 e. The highest BCUT2D eigenvalue weighted by molar-refractivity contribution is 6.30. The van der Waals surface area contributed by atoms with Crippen molar-refractivity contribution >= 4 is 11.6 Å². The van der Waals surface area contributed by atoms with E-state index < -0.39 is 5.82 Å². The van der Waals surface area contributed by atoms with Crippen molar-refractivity contribution in [3.63, 3.8) is 0 Å². The maximum atomic E-state index is 13.1. The largest absolute Gasteiger partial charge is 0.497 e. The summed E-state index contributed by atoms with van der Waals surface area (Å²) >= 11 is 5.80. The first-order valence-electron chi connectivity index (χ1n) is 6.41. The number of halogens is 2. The maximum absolute atomic E-state index is 13.1. The normalized spacial score (nSPS) is 12.2. The fraction of sp³-hybridized carbons (Fsp3) is 0.250. The van der Waals surface area contributed by atoms with E-state index in [1.165, 1.54) is 6.07 Å². The van der Waals surface area contributed by atoms with Crippen molar-refractivity contribution in [2.75, 3.05) is 7.11 Å². The van der Waals surface area contributed by atoms with Crippen LogP contribution in [0.2, 0.25) is 5.02 Å². The fourth-order valence-corrected chi connectivity index (χ4v) is 2.14. The summed E-state index contributed by atoms with van der Waals surface area (Å²) in [6, 6.07) is 12.7. The minimum atomic E-state index is -0.393. The molecule has 106 valence electrons. The van der Waals surface area contributed by atoms with Crippen LogP contribution in [-0.2, 0) is 6.54 Å². The molecular formula is C16H17ClFNO. The Morgan fingerprint density at radius 3 is 2.75 bits per heavy atom. The molecule has 2 nitrogen and oxygen atoms in total. The molecule has 0 fully saturated rings. The van der Waals surface area contributed by atoms with Gasteiger partial charge in [-0.25, -0.2) is 4.39 Å². The summed E-state index contributed by atoms with van der Waals surface area (Å²) in [6.07, 6.45) is 0. The molecule has 2 aromatic rings. The summed E-state index contributed by atoms with van der Waals surface area (Å²) in [5.41, 5.74) is 2.09. The van der Waals surface area contributed by atoms with Crippen molar-refractivity contribution in [3.05, 3.63) is 64.4 Å². The zero-order valence-corrected chi connectivity index (χ0v) is 12.2. The standard InChI is InChI=1S/C16H17ClFNO/c1-11(13-6-7-16(18)15(17)9-13)19-10-12-4-3-5-14(8-12)20-2/h3-9,11,19H,10H2,1-2H3. The Hall–Kier alpha value is -1.58. The summed E-state index contributed by atoms with van der Waals surface area (Å²) in [4.78, 5) is 0. The third kappa shape index (κ3) is 3.71. The zero-order valence-electron chi connectivity index (χ0n) is 11.5. The number of nitrogens with one attached hydrogen (secondary N) is 1. The fourth-order valence-electron chi connectivity index (χ4n) is 1.95. The van der Waals surface area contributed by atoms with Crippen LogP contribution in [0.1, 0.15) is 24.1 Å². The van der Waals surface area contributed by atoms with Crippen LogP contribution in [-0.4, -0.2) is 7.11 Å². The van der Waals surface area contributed by atoms with E-state index in [0.29, 0.717) is 6.54 Å². The van der Waals surface area contributed by atoms with Gasteiger partial charge in [0.15, 0.2) is 0 Å². The molecule has 20 heavy (non-hydrogen) atoms. The maximum Gasteiger partial charge on any atom is 0.141 e. The minimum Gasteiger partial charge on any atom is -0.497 e. The summed E-state index contributed by atoms with van der Waals surface area (Å²) in [5.74, 6) is 0.442. The molecule has 0 aliphatic rings. The van der Waals surface area contributed by atoms with Gasteiger partial charge in [-0.15, -0.1) is 0 Å². The van der Waals surface area contributed by atoms with E-state index in [9.17, 15) is 4.39 Å². The Balaban J connectivity index is 2.00. The summed E-state index contributed by atoms with van der Waals surface area (Å²) in [7, 11) is 1.65. The Labute approximate surface area is 123 Å². The van der Waals surface area contributed by atoms with Crippen LogP contribution >= 0.6 is 11.6 Å². The van der Waals surface area contributed by atoms with Crippen LogP contribution in [0.25, 0.3) is 0 Å². The quantitative estimate of drug-likeness (QED) is 0.885. The molecule has 2 rings (SSSR count). The number of benzene rings is 2. The number of hydrogen-bond donors (Lipinski definition) is 1. The lowest BCUT2D eigenvalue weighted by molar-refractivity contribution is 0.414. The van der Waals surface area contributed by atoms with Crippen molar-refractivity contribution in [3.8, 4) is 5.75 Å². The third-order valence-electron chi connectivity index (χ3n) is 3.19. The molecule has 0 aromatic heterocycles. The van der Waals surface area contributed by atoms with Gasteiger partial charge in [-0.05, 0) is 42.3 Å². The third-order valence-corrected chi connectivity index (χ3v) is 3.48. The van der Waals surface area contributed by atoms with E-state index in [4.69, 9.17) is 16.3 Å². The number of ether oxygens (including phenoxy) is 1. The van der Waals surface area contributed by atoms with Crippen molar-refractivity contribution in [1.82, 2.24) is 5.32 Å². The second-order valence-corrected chi connectivity index (χ2v) is 5.03. The van der Waals surface area contributed by atoms with Gasteiger partial charge in [0.1, 0.15) is 11.6 Å². The van der Waals surface area contributed by atoms with E-state index >= 15 is 0 Å².